The van der Waals surface area contributed by atoms with Gasteiger partial charge in [0.1, 0.15) is 5.69 Å². The van der Waals surface area contributed by atoms with Crippen molar-refractivity contribution in [1.82, 2.24) is 24.7 Å². The molecule has 0 atom stereocenters. The minimum atomic E-state index is -0.0971. The van der Waals surface area contributed by atoms with E-state index in [1.54, 1.807) is 12.3 Å². The van der Waals surface area contributed by atoms with Crippen molar-refractivity contribution in [3.63, 3.8) is 0 Å². The molecule has 0 saturated carbocycles. The van der Waals surface area contributed by atoms with E-state index in [4.69, 9.17) is 0 Å². The second-order valence-corrected chi connectivity index (χ2v) is 7.58. The SMILES string of the molecule is Cc1cc(=O)[nH]c2cc(-n3ccnc3-c3cc(C(C)(C)C)[nH]n3)ccc12. The molecule has 0 aliphatic heterocycles. The Kier molecular flexibility index (Phi) is 3.57. The van der Waals surface area contributed by atoms with Crippen LogP contribution in [0.5, 0.6) is 0 Å². The molecule has 0 amide bonds. The predicted octanol–water partition coefficient (Wildman–Crippen LogP) is 3.71. The Balaban J connectivity index is 1.83. The summed E-state index contributed by atoms with van der Waals surface area (Å²) >= 11 is 0. The summed E-state index contributed by atoms with van der Waals surface area (Å²) in [6, 6.07) is 9.65. The maximum atomic E-state index is 11.8. The molecule has 4 rings (SSSR count). The van der Waals surface area contributed by atoms with Crippen LogP contribution in [0.1, 0.15) is 32.0 Å². The van der Waals surface area contributed by atoms with Crippen LogP contribution in [0.2, 0.25) is 0 Å². The lowest BCUT2D eigenvalue weighted by Gasteiger charge is -2.14. The summed E-state index contributed by atoms with van der Waals surface area (Å²) in [6.07, 6.45) is 3.65. The average Bonchev–Trinajstić information content (AvgIpc) is 3.22. The number of imidazole rings is 1. The standard InChI is InChI=1S/C20H21N5O/c1-12-9-18(26)22-15-10-13(5-6-14(12)15)25-8-7-21-19(25)16-11-17(24-23-16)20(2,3)4/h5-11H,1-4H3,(H,22,26)(H,23,24). The molecule has 0 radical (unpaired) electrons. The van der Waals surface area contributed by atoms with Crippen molar-refractivity contribution in [3.05, 3.63) is 64.3 Å². The van der Waals surface area contributed by atoms with Gasteiger partial charge in [-0.2, -0.15) is 5.10 Å². The summed E-state index contributed by atoms with van der Waals surface area (Å²) in [7, 11) is 0. The molecule has 4 aromatic rings. The number of aromatic amines is 2. The number of hydrogen-bond donors (Lipinski definition) is 2. The number of aryl methyl sites for hydroxylation is 1. The van der Waals surface area contributed by atoms with Gasteiger partial charge in [-0.3, -0.25) is 14.5 Å². The van der Waals surface area contributed by atoms with Crippen molar-refractivity contribution in [2.24, 2.45) is 0 Å². The van der Waals surface area contributed by atoms with Crippen molar-refractivity contribution < 1.29 is 0 Å². The summed E-state index contributed by atoms with van der Waals surface area (Å²) in [5.41, 5.74) is 4.43. The number of pyridine rings is 1. The molecule has 3 heterocycles. The minimum Gasteiger partial charge on any atom is -0.322 e. The van der Waals surface area contributed by atoms with Crippen molar-refractivity contribution in [2.75, 3.05) is 0 Å². The Labute approximate surface area is 150 Å². The van der Waals surface area contributed by atoms with Crippen LogP contribution >= 0.6 is 0 Å². The van der Waals surface area contributed by atoms with E-state index in [9.17, 15) is 4.79 Å². The van der Waals surface area contributed by atoms with Crippen LogP contribution in [0.4, 0.5) is 0 Å². The van der Waals surface area contributed by atoms with Gasteiger partial charge in [-0.05, 0) is 30.7 Å². The van der Waals surface area contributed by atoms with Gasteiger partial charge in [0.15, 0.2) is 5.82 Å². The fourth-order valence-corrected chi connectivity index (χ4v) is 3.09. The van der Waals surface area contributed by atoms with E-state index in [0.29, 0.717) is 0 Å². The third kappa shape index (κ3) is 2.73. The molecule has 0 saturated heterocycles. The summed E-state index contributed by atoms with van der Waals surface area (Å²) < 4.78 is 1.97. The van der Waals surface area contributed by atoms with Crippen LogP contribution in [-0.2, 0) is 5.41 Å². The molecule has 0 bridgehead atoms. The number of benzene rings is 1. The third-order valence-electron chi connectivity index (χ3n) is 4.57. The highest BCUT2D eigenvalue weighted by Gasteiger charge is 2.19. The molecule has 6 heteroatoms. The quantitative estimate of drug-likeness (QED) is 0.580. The largest absolute Gasteiger partial charge is 0.322 e. The smallest absolute Gasteiger partial charge is 0.248 e. The highest BCUT2D eigenvalue weighted by atomic mass is 16.1. The zero-order chi connectivity index (χ0) is 18.5. The first kappa shape index (κ1) is 16.3. The molecule has 0 aliphatic rings. The lowest BCUT2D eigenvalue weighted by Crippen LogP contribution is -2.11. The molecule has 132 valence electrons. The maximum absolute atomic E-state index is 11.8. The molecule has 6 nitrogen and oxygen atoms in total. The van der Waals surface area contributed by atoms with E-state index in [0.717, 1.165) is 39.4 Å². The topological polar surface area (TPSA) is 79.4 Å². The zero-order valence-corrected chi connectivity index (χ0v) is 15.3. The van der Waals surface area contributed by atoms with E-state index in [1.165, 1.54) is 0 Å². The van der Waals surface area contributed by atoms with Crippen LogP contribution in [0.3, 0.4) is 0 Å². The first-order valence-corrected chi connectivity index (χ1v) is 8.56. The van der Waals surface area contributed by atoms with Crippen LogP contribution in [0, 0.1) is 6.92 Å². The van der Waals surface area contributed by atoms with Gasteiger partial charge in [-0.1, -0.05) is 26.8 Å². The predicted molar refractivity (Wildman–Crippen MR) is 103 cm³/mol. The van der Waals surface area contributed by atoms with Crippen LogP contribution in [0.25, 0.3) is 28.1 Å². The summed E-state index contributed by atoms with van der Waals surface area (Å²) in [4.78, 5) is 19.2. The van der Waals surface area contributed by atoms with E-state index in [-0.39, 0.29) is 11.0 Å². The fraction of sp³-hybridized carbons (Fsp3) is 0.250. The van der Waals surface area contributed by atoms with Gasteiger partial charge >= 0.3 is 0 Å². The number of aromatic nitrogens is 5. The van der Waals surface area contributed by atoms with Crippen molar-refractivity contribution >= 4 is 10.9 Å². The molecular formula is C20H21N5O. The van der Waals surface area contributed by atoms with E-state index < -0.39 is 0 Å². The van der Waals surface area contributed by atoms with E-state index in [1.807, 2.05) is 42.0 Å². The number of nitrogens with zero attached hydrogens (tertiary/aromatic N) is 3. The molecule has 26 heavy (non-hydrogen) atoms. The van der Waals surface area contributed by atoms with Gasteiger partial charge in [0.2, 0.25) is 5.56 Å². The molecule has 0 aliphatic carbocycles. The Bertz CT molecular complexity index is 1160. The van der Waals surface area contributed by atoms with Crippen LogP contribution in [0.15, 0.2) is 47.5 Å². The van der Waals surface area contributed by atoms with Crippen molar-refractivity contribution in [1.29, 1.82) is 0 Å². The van der Waals surface area contributed by atoms with Gasteiger partial charge in [0.05, 0.1) is 5.52 Å². The molecule has 0 fully saturated rings. The Hall–Kier alpha value is -3.15. The highest BCUT2D eigenvalue weighted by Crippen LogP contribution is 2.27. The number of hydrogen-bond acceptors (Lipinski definition) is 3. The number of nitrogens with one attached hydrogen (secondary N) is 2. The Morgan fingerprint density at radius 1 is 1.12 bits per heavy atom. The van der Waals surface area contributed by atoms with Gasteiger partial charge in [-0.25, -0.2) is 4.98 Å². The van der Waals surface area contributed by atoms with E-state index in [2.05, 4.69) is 40.9 Å². The lowest BCUT2D eigenvalue weighted by atomic mass is 9.92. The minimum absolute atomic E-state index is 0.0113. The summed E-state index contributed by atoms with van der Waals surface area (Å²) in [5.74, 6) is 0.756. The number of H-pyrrole nitrogens is 2. The average molecular weight is 347 g/mol. The molecular weight excluding hydrogens is 326 g/mol. The molecule has 0 unspecified atom stereocenters. The van der Waals surface area contributed by atoms with Crippen LogP contribution < -0.4 is 5.56 Å². The normalized spacial score (nSPS) is 12.0. The Morgan fingerprint density at radius 3 is 2.65 bits per heavy atom. The third-order valence-corrected chi connectivity index (χ3v) is 4.57. The van der Waals surface area contributed by atoms with Crippen molar-refractivity contribution in [3.8, 4) is 17.2 Å². The fourth-order valence-electron chi connectivity index (χ4n) is 3.09. The summed E-state index contributed by atoms with van der Waals surface area (Å²) in [5, 5.41) is 8.57. The first-order chi connectivity index (χ1) is 12.3. The number of fused-ring (bicyclic) bond motifs is 1. The highest BCUT2D eigenvalue weighted by molar-refractivity contribution is 5.83. The Morgan fingerprint density at radius 2 is 1.92 bits per heavy atom. The number of rotatable bonds is 2. The van der Waals surface area contributed by atoms with Gasteiger partial charge in [0, 0.05) is 40.6 Å². The van der Waals surface area contributed by atoms with Crippen molar-refractivity contribution in [2.45, 2.75) is 33.1 Å². The van der Waals surface area contributed by atoms with Gasteiger partial charge in [0.25, 0.3) is 0 Å². The second kappa shape index (κ2) is 5.69. The zero-order valence-electron chi connectivity index (χ0n) is 15.3. The maximum Gasteiger partial charge on any atom is 0.248 e. The molecule has 0 spiro atoms. The van der Waals surface area contributed by atoms with E-state index >= 15 is 0 Å². The molecule has 2 N–H and O–H groups in total. The monoisotopic (exact) mass is 347 g/mol. The lowest BCUT2D eigenvalue weighted by molar-refractivity contribution is 0.567. The van der Waals surface area contributed by atoms with Gasteiger partial charge in [-0.15, -0.1) is 0 Å². The second-order valence-electron chi connectivity index (χ2n) is 7.58. The molecule has 1 aromatic carbocycles. The van der Waals surface area contributed by atoms with Crippen LogP contribution in [-0.4, -0.2) is 24.7 Å². The van der Waals surface area contributed by atoms with Gasteiger partial charge < -0.3 is 4.98 Å². The first-order valence-electron chi connectivity index (χ1n) is 8.56. The summed E-state index contributed by atoms with van der Waals surface area (Å²) in [6.45, 7) is 8.36. The molecule has 3 aromatic heterocycles.